The summed E-state index contributed by atoms with van der Waals surface area (Å²) in [4.78, 5) is 18.5. The summed E-state index contributed by atoms with van der Waals surface area (Å²) in [6, 6.07) is 1.54. The van der Waals surface area contributed by atoms with Gasteiger partial charge in [0.2, 0.25) is 5.95 Å². The molecule has 1 atom stereocenters. The molecule has 1 fully saturated rings. The molecule has 5 heteroatoms. The van der Waals surface area contributed by atoms with Gasteiger partial charge in [-0.25, -0.2) is 4.98 Å². The van der Waals surface area contributed by atoms with Crippen molar-refractivity contribution in [3.05, 3.63) is 22.1 Å². The normalized spacial score (nSPS) is 19.8. The number of rotatable bonds is 4. The minimum atomic E-state index is -0.112. The Balaban J connectivity index is 2.02. The van der Waals surface area contributed by atoms with Crippen molar-refractivity contribution in [2.45, 2.75) is 38.7 Å². The molecule has 0 radical (unpaired) electrons. The zero-order valence-electron chi connectivity index (χ0n) is 10.3. The molecule has 94 valence electrons. The highest BCUT2D eigenvalue weighted by atomic mass is 16.5. The monoisotopic (exact) mass is 237 g/mol. The molecule has 0 unspecified atom stereocenters. The SMILES string of the molecule is CC(C)c1cc(=O)[nH]c(NC[C@@H]2CCCO2)n1. The molecule has 0 spiro atoms. The predicted molar refractivity (Wildman–Crippen MR) is 66.4 cm³/mol. The molecule has 0 aliphatic carbocycles. The van der Waals surface area contributed by atoms with Crippen LogP contribution in [-0.2, 0) is 4.74 Å². The summed E-state index contributed by atoms with van der Waals surface area (Å²) in [6.07, 6.45) is 2.42. The van der Waals surface area contributed by atoms with E-state index in [-0.39, 0.29) is 17.6 Å². The van der Waals surface area contributed by atoms with Crippen molar-refractivity contribution in [2.24, 2.45) is 0 Å². The van der Waals surface area contributed by atoms with E-state index < -0.39 is 0 Å². The van der Waals surface area contributed by atoms with Crippen LogP contribution in [0.3, 0.4) is 0 Å². The third-order valence-electron chi connectivity index (χ3n) is 2.87. The zero-order valence-corrected chi connectivity index (χ0v) is 10.3. The summed E-state index contributed by atoms with van der Waals surface area (Å²) in [6.45, 7) is 5.57. The van der Waals surface area contributed by atoms with Gasteiger partial charge in [-0.2, -0.15) is 0 Å². The minimum Gasteiger partial charge on any atom is -0.376 e. The highest BCUT2D eigenvalue weighted by molar-refractivity contribution is 5.26. The number of anilines is 1. The lowest BCUT2D eigenvalue weighted by atomic mass is 10.1. The molecule has 1 saturated heterocycles. The van der Waals surface area contributed by atoms with E-state index in [9.17, 15) is 4.79 Å². The van der Waals surface area contributed by atoms with E-state index >= 15 is 0 Å². The van der Waals surface area contributed by atoms with Crippen LogP contribution < -0.4 is 10.9 Å². The van der Waals surface area contributed by atoms with E-state index in [1.54, 1.807) is 6.07 Å². The van der Waals surface area contributed by atoms with Gasteiger partial charge in [0.05, 0.1) is 11.8 Å². The van der Waals surface area contributed by atoms with Crippen LogP contribution in [0.25, 0.3) is 0 Å². The molecular weight excluding hydrogens is 218 g/mol. The molecule has 2 N–H and O–H groups in total. The van der Waals surface area contributed by atoms with Gasteiger partial charge in [0, 0.05) is 19.2 Å². The number of H-pyrrole nitrogens is 1. The highest BCUT2D eigenvalue weighted by Gasteiger charge is 2.15. The van der Waals surface area contributed by atoms with Crippen LogP contribution in [0.4, 0.5) is 5.95 Å². The maximum absolute atomic E-state index is 11.4. The Hall–Kier alpha value is -1.36. The van der Waals surface area contributed by atoms with Crippen molar-refractivity contribution in [2.75, 3.05) is 18.5 Å². The Labute approximate surface area is 101 Å². The number of nitrogens with zero attached hydrogens (tertiary/aromatic N) is 1. The van der Waals surface area contributed by atoms with Gasteiger partial charge >= 0.3 is 0 Å². The third kappa shape index (κ3) is 3.30. The zero-order chi connectivity index (χ0) is 12.3. The van der Waals surface area contributed by atoms with Crippen molar-refractivity contribution in [3.63, 3.8) is 0 Å². The Morgan fingerprint density at radius 1 is 1.65 bits per heavy atom. The summed E-state index contributed by atoms with van der Waals surface area (Å²) in [5.41, 5.74) is 0.696. The second-order valence-electron chi connectivity index (χ2n) is 4.69. The van der Waals surface area contributed by atoms with E-state index in [4.69, 9.17) is 4.74 Å². The topological polar surface area (TPSA) is 67.0 Å². The van der Waals surface area contributed by atoms with Crippen LogP contribution in [0.2, 0.25) is 0 Å². The first kappa shape index (κ1) is 12.1. The average molecular weight is 237 g/mol. The van der Waals surface area contributed by atoms with Crippen LogP contribution in [0.1, 0.15) is 38.3 Å². The third-order valence-corrected chi connectivity index (χ3v) is 2.87. The molecular formula is C12H19N3O2. The lowest BCUT2D eigenvalue weighted by molar-refractivity contribution is 0.120. The fourth-order valence-electron chi connectivity index (χ4n) is 1.87. The van der Waals surface area contributed by atoms with Gasteiger partial charge in [-0.1, -0.05) is 13.8 Å². The van der Waals surface area contributed by atoms with E-state index in [1.165, 1.54) is 0 Å². The van der Waals surface area contributed by atoms with Crippen LogP contribution in [0, 0.1) is 0 Å². The highest BCUT2D eigenvalue weighted by Crippen LogP contribution is 2.13. The van der Waals surface area contributed by atoms with Gasteiger partial charge in [0.25, 0.3) is 5.56 Å². The standard InChI is InChI=1S/C12H19N3O2/c1-8(2)10-6-11(16)15-12(14-10)13-7-9-4-3-5-17-9/h6,8-9H,3-5,7H2,1-2H3,(H2,13,14,15,16)/t9-/m0/s1. The average Bonchev–Trinajstić information content (AvgIpc) is 2.78. The Morgan fingerprint density at radius 2 is 2.47 bits per heavy atom. The number of nitrogens with one attached hydrogen (secondary N) is 2. The lowest BCUT2D eigenvalue weighted by Gasteiger charge is -2.12. The maximum atomic E-state index is 11.4. The minimum absolute atomic E-state index is 0.112. The first-order valence-electron chi connectivity index (χ1n) is 6.12. The van der Waals surface area contributed by atoms with Gasteiger partial charge in [-0.15, -0.1) is 0 Å². The quantitative estimate of drug-likeness (QED) is 0.832. The van der Waals surface area contributed by atoms with Crippen LogP contribution in [-0.4, -0.2) is 29.2 Å². The van der Waals surface area contributed by atoms with E-state index in [0.717, 1.165) is 25.1 Å². The summed E-state index contributed by atoms with van der Waals surface area (Å²) in [7, 11) is 0. The van der Waals surface area contributed by atoms with E-state index in [0.29, 0.717) is 12.5 Å². The van der Waals surface area contributed by atoms with Gasteiger partial charge in [0.1, 0.15) is 0 Å². The van der Waals surface area contributed by atoms with E-state index in [1.807, 2.05) is 13.8 Å². The van der Waals surface area contributed by atoms with Crippen molar-refractivity contribution < 1.29 is 4.74 Å². The number of hydrogen-bond acceptors (Lipinski definition) is 4. The molecule has 17 heavy (non-hydrogen) atoms. The van der Waals surface area contributed by atoms with Gasteiger partial charge < -0.3 is 10.1 Å². The molecule has 1 aliphatic heterocycles. The molecule has 2 heterocycles. The molecule has 2 rings (SSSR count). The first-order chi connectivity index (χ1) is 8.15. The van der Waals surface area contributed by atoms with Crippen molar-refractivity contribution in [1.29, 1.82) is 0 Å². The van der Waals surface area contributed by atoms with Crippen LogP contribution >= 0.6 is 0 Å². The van der Waals surface area contributed by atoms with E-state index in [2.05, 4.69) is 15.3 Å². The number of aromatic amines is 1. The number of hydrogen-bond donors (Lipinski definition) is 2. The van der Waals surface area contributed by atoms with Crippen LogP contribution in [0.5, 0.6) is 0 Å². The summed E-state index contributed by atoms with van der Waals surface area (Å²) >= 11 is 0. The molecule has 0 amide bonds. The van der Waals surface area contributed by atoms with Crippen molar-refractivity contribution in [3.8, 4) is 0 Å². The van der Waals surface area contributed by atoms with Gasteiger partial charge in [-0.3, -0.25) is 9.78 Å². The van der Waals surface area contributed by atoms with Crippen LogP contribution in [0.15, 0.2) is 10.9 Å². The lowest BCUT2D eigenvalue weighted by Crippen LogP contribution is -2.22. The fourth-order valence-corrected chi connectivity index (χ4v) is 1.87. The second kappa shape index (κ2) is 5.31. The smallest absolute Gasteiger partial charge is 0.252 e. The molecule has 0 aromatic carbocycles. The second-order valence-corrected chi connectivity index (χ2v) is 4.69. The molecule has 1 aromatic heterocycles. The Kier molecular flexibility index (Phi) is 3.78. The Bertz CT molecular complexity index is 422. The van der Waals surface area contributed by atoms with Crippen molar-refractivity contribution in [1.82, 2.24) is 9.97 Å². The summed E-state index contributed by atoms with van der Waals surface area (Å²) in [5.74, 6) is 0.789. The molecule has 5 nitrogen and oxygen atoms in total. The largest absolute Gasteiger partial charge is 0.376 e. The summed E-state index contributed by atoms with van der Waals surface area (Å²) < 4.78 is 5.50. The van der Waals surface area contributed by atoms with Crippen molar-refractivity contribution >= 4 is 5.95 Å². The van der Waals surface area contributed by atoms with Gasteiger partial charge in [0.15, 0.2) is 0 Å². The Morgan fingerprint density at radius 3 is 3.12 bits per heavy atom. The number of ether oxygens (including phenoxy) is 1. The first-order valence-corrected chi connectivity index (χ1v) is 6.12. The maximum Gasteiger partial charge on any atom is 0.252 e. The van der Waals surface area contributed by atoms with Gasteiger partial charge in [-0.05, 0) is 18.8 Å². The molecule has 1 aliphatic rings. The fraction of sp³-hybridized carbons (Fsp3) is 0.667. The summed E-state index contributed by atoms with van der Waals surface area (Å²) in [5, 5.41) is 3.13. The predicted octanol–water partition coefficient (Wildman–Crippen LogP) is 1.48. The number of aromatic nitrogens is 2. The molecule has 1 aromatic rings. The molecule has 0 saturated carbocycles. The molecule has 0 bridgehead atoms.